The zero-order valence-corrected chi connectivity index (χ0v) is 14.8. The molecule has 0 bridgehead atoms. The van der Waals surface area contributed by atoms with E-state index in [2.05, 4.69) is 10.2 Å². The lowest BCUT2D eigenvalue weighted by molar-refractivity contribution is 0.162. The van der Waals surface area contributed by atoms with Crippen LogP contribution in [0.2, 0.25) is 10.0 Å². The summed E-state index contributed by atoms with van der Waals surface area (Å²) in [6.07, 6.45) is 2.08. The van der Waals surface area contributed by atoms with Gasteiger partial charge in [0.2, 0.25) is 0 Å². The van der Waals surface area contributed by atoms with Crippen molar-refractivity contribution in [3.05, 3.63) is 63.4 Å². The number of fused-ring (bicyclic) bond motifs is 2. The van der Waals surface area contributed by atoms with Gasteiger partial charge < -0.3 is 5.32 Å². The van der Waals surface area contributed by atoms with Gasteiger partial charge in [-0.1, -0.05) is 29.3 Å². The van der Waals surface area contributed by atoms with Gasteiger partial charge in [0, 0.05) is 24.2 Å². The SMILES string of the molecule is Fc1ccc2c(c1)C1(CCN(Cc3ccc(Cl)c(Cl)c3)CC1)CN2. The molecule has 2 aliphatic heterocycles. The Kier molecular flexibility index (Phi) is 4.19. The molecule has 5 heteroatoms. The van der Waals surface area contributed by atoms with Crippen LogP contribution in [0.5, 0.6) is 0 Å². The van der Waals surface area contributed by atoms with E-state index in [-0.39, 0.29) is 11.2 Å². The third kappa shape index (κ3) is 2.90. The Morgan fingerprint density at radius 1 is 1.04 bits per heavy atom. The van der Waals surface area contributed by atoms with Gasteiger partial charge in [0.1, 0.15) is 5.82 Å². The quantitative estimate of drug-likeness (QED) is 0.797. The molecule has 126 valence electrons. The summed E-state index contributed by atoms with van der Waals surface area (Å²) in [6, 6.07) is 10.9. The summed E-state index contributed by atoms with van der Waals surface area (Å²) in [5.41, 5.74) is 3.49. The van der Waals surface area contributed by atoms with Gasteiger partial charge in [0.25, 0.3) is 0 Å². The smallest absolute Gasteiger partial charge is 0.123 e. The van der Waals surface area contributed by atoms with Crippen molar-refractivity contribution in [2.75, 3.05) is 25.0 Å². The number of benzene rings is 2. The molecular formula is C19H19Cl2FN2. The molecule has 2 nitrogen and oxygen atoms in total. The fourth-order valence-electron chi connectivity index (χ4n) is 3.95. The molecule has 24 heavy (non-hydrogen) atoms. The second-order valence-corrected chi connectivity index (χ2v) is 7.66. The maximum Gasteiger partial charge on any atom is 0.123 e. The first-order valence-corrected chi connectivity index (χ1v) is 9.02. The van der Waals surface area contributed by atoms with Gasteiger partial charge in [-0.3, -0.25) is 4.90 Å². The van der Waals surface area contributed by atoms with Crippen molar-refractivity contribution >= 4 is 28.9 Å². The maximum atomic E-state index is 13.7. The number of nitrogens with one attached hydrogen (secondary N) is 1. The maximum absolute atomic E-state index is 13.7. The number of anilines is 1. The predicted molar refractivity (Wildman–Crippen MR) is 97.5 cm³/mol. The molecule has 1 N–H and O–H groups in total. The highest BCUT2D eigenvalue weighted by Crippen LogP contribution is 2.44. The molecule has 0 aromatic heterocycles. The fraction of sp³-hybridized carbons (Fsp3) is 0.368. The van der Waals surface area contributed by atoms with Gasteiger partial charge >= 0.3 is 0 Å². The topological polar surface area (TPSA) is 15.3 Å². The number of piperidine rings is 1. The molecule has 2 aromatic rings. The van der Waals surface area contributed by atoms with E-state index in [4.69, 9.17) is 23.2 Å². The second-order valence-electron chi connectivity index (χ2n) is 6.85. The van der Waals surface area contributed by atoms with E-state index in [1.165, 1.54) is 11.6 Å². The van der Waals surface area contributed by atoms with E-state index in [1.807, 2.05) is 24.3 Å². The van der Waals surface area contributed by atoms with Crippen LogP contribution >= 0.6 is 23.2 Å². The third-order valence-corrected chi connectivity index (χ3v) is 6.11. The number of hydrogen-bond acceptors (Lipinski definition) is 2. The van der Waals surface area contributed by atoms with Crippen LogP contribution in [-0.4, -0.2) is 24.5 Å². The summed E-state index contributed by atoms with van der Waals surface area (Å²) in [5.74, 6) is -0.143. The minimum atomic E-state index is -0.143. The fourth-order valence-corrected chi connectivity index (χ4v) is 4.27. The second kappa shape index (κ2) is 6.21. The Bertz CT molecular complexity index is 770. The molecule has 2 aromatic carbocycles. The number of hydrogen-bond donors (Lipinski definition) is 1. The summed E-state index contributed by atoms with van der Waals surface area (Å²) >= 11 is 12.1. The Labute approximate surface area is 151 Å². The van der Waals surface area contributed by atoms with E-state index in [9.17, 15) is 4.39 Å². The molecule has 0 saturated carbocycles. The Balaban J connectivity index is 1.46. The number of rotatable bonds is 2. The van der Waals surface area contributed by atoms with E-state index < -0.39 is 0 Å². The Morgan fingerprint density at radius 2 is 1.83 bits per heavy atom. The largest absolute Gasteiger partial charge is 0.384 e. The third-order valence-electron chi connectivity index (χ3n) is 5.37. The highest BCUT2D eigenvalue weighted by Gasteiger charge is 2.41. The molecule has 0 unspecified atom stereocenters. The van der Waals surface area contributed by atoms with Crippen molar-refractivity contribution in [3.8, 4) is 0 Å². The van der Waals surface area contributed by atoms with Crippen molar-refractivity contribution in [2.45, 2.75) is 24.8 Å². The minimum Gasteiger partial charge on any atom is -0.384 e. The van der Waals surface area contributed by atoms with Crippen LogP contribution in [0, 0.1) is 5.82 Å². The lowest BCUT2D eigenvalue weighted by Crippen LogP contribution is -2.43. The number of halogens is 3. The van der Waals surface area contributed by atoms with Crippen LogP contribution in [0.1, 0.15) is 24.0 Å². The van der Waals surface area contributed by atoms with E-state index >= 15 is 0 Å². The Hall–Kier alpha value is -1.29. The minimum absolute atomic E-state index is 0.0750. The van der Waals surface area contributed by atoms with Gasteiger partial charge in [-0.25, -0.2) is 4.39 Å². The van der Waals surface area contributed by atoms with Crippen LogP contribution < -0.4 is 5.32 Å². The monoisotopic (exact) mass is 364 g/mol. The highest BCUT2D eigenvalue weighted by molar-refractivity contribution is 6.42. The van der Waals surface area contributed by atoms with Crippen LogP contribution in [0.3, 0.4) is 0 Å². The predicted octanol–water partition coefficient (Wildman–Crippen LogP) is 5.09. The van der Waals surface area contributed by atoms with Crippen LogP contribution in [0.15, 0.2) is 36.4 Å². The summed E-state index contributed by atoms with van der Waals surface area (Å²) < 4.78 is 13.7. The zero-order chi connectivity index (χ0) is 16.7. The molecule has 0 amide bonds. The molecule has 4 rings (SSSR count). The Morgan fingerprint density at radius 3 is 2.58 bits per heavy atom. The van der Waals surface area contributed by atoms with Crippen molar-refractivity contribution in [2.24, 2.45) is 0 Å². The molecule has 1 spiro atoms. The van der Waals surface area contributed by atoms with E-state index in [1.54, 1.807) is 6.07 Å². The van der Waals surface area contributed by atoms with Crippen molar-refractivity contribution in [1.29, 1.82) is 0 Å². The molecule has 0 radical (unpaired) electrons. The van der Waals surface area contributed by atoms with E-state index in [0.717, 1.165) is 50.3 Å². The molecular weight excluding hydrogens is 346 g/mol. The van der Waals surface area contributed by atoms with Gasteiger partial charge in [0.05, 0.1) is 10.0 Å². The average Bonchev–Trinajstić information content (AvgIpc) is 2.91. The normalized spacial score (nSPS) is 19.3. The first-order chi connectivity index (χ1) is 11.6. The molecule has 2 heterocycles. The van der Waals surface area contributed by atoms with Gasteiger partial charge in [0.15, 0.2) is 0 Å². The van der Waals surface area contributed by atoms with Crippen LogP contribution in [0.4, 0.5) is 10.1 Å². The van der Waals surface area contributed by atoms with E-state index in [0.29, 0.717) is 10.0 Å². The van der Waals surface area contributed by atoms with Crippen molar-refractivity contribution < 1.29 is 4.39 Å². The lowest BCUT2D eigenvalue weighted by Gasteiger charge is -2.39. The van der Waals surface area contributed by atoms with Gasteiger partial charge in [-0.2, -0.15) is 0 Å². The summed E-state index contributed by atoms with van der Waals surface area (Å²) in [6.45, 7) is 3.78. The summed E-state index contributed by atoms with van der Waals surface area (Å²) in [7, 11) is 0. The summed E-state index contributed by atoms with van der Waals surface area (Å²) in [5, 5.41) is 4.64. The van der Waals surface area contributed by atoms with Crippen molar-refractivity contribution in [1.82, 2.24) is 4.90 Å². The van der Waals surface area contributed by atoms with Gasteiger partial charge in [-0.05, 0) is 67.4 Å². The molecule has 1 saturated heterocycles. The average molecular weight is 365 g/mol. The zero-order valence-electron chi connectivity index (χ0n) is 13.3. The molecule has 2 aliphatic rings. The molecule has 0 aliphatic carbocycles. The summed E-state index contributed by atoms with van der Waals surface area (Å²) in [4.78, 5) is 2.43. The highest BCUT2D eigenvalue weighted by atomic mass is 35.5. The van der Waals surface area contributed by atoms with Crippen LogP contribution in [0.25, 0.3) is 0 Å². The number of nitrogens with zero attached hydrogens (tertiary/aromatic N) is 1. The lowest BCUT2D eigenvalue weighted by atomic mass is 9.74. The van der Waals surface area contributed by atoms with Gasteiger partial charge in [-0.15, -0.1) is 0 Å². The van der Waals surface area contributed by atoms with Crippen LogP contribution in [-0.2, 0) is 12.0 Å². The molecule has 0 atom stereocenters. The van der Waals surface area contributed by atoms with Crippen molar-refractivity contribution in [3.63, 3.8) is 0 Å². The number of likely N-dealkylation sites (tertiary alicyclic amines) is 1. The molecule has 1 fully saturated rings. The first-order valence-electron chi connectivity index (χ1n) is 8.26. The standard InChI is InChI=1S/C19H19Cl2FN2/c20-16-3-1-13(9-17(16)21)11-24-7-5-19(6-8-24)12-23-18-4-2-14(22)10-15(18)19/h1-4,9-10,23H,5-8,11-12H2. The first kappa shape index (κ1) is 16.2.